The number of hydrogen-bond donors (Lipinski definition) is 2. The van der Waals surface area contributed by atoms with Crippen LogP contribution in [-0.2, 0) is 6.54 Å². The minimum absolute atomic E-state index is 0.226. The average Bonchev–Trinajstić information content (AvgIpc) is 2.69. The molecule has 2 heterocycles. The van der Waals surface area contributed by atoms with Crippen LogP contribution in [0, 0.1) is 6.92 Å². The summed E-state index contributed by atoms with van der Waals surface area (Å²) in [6, 6.07) is 10.9. The number of nitrogens with one attached hydrogen (secondary N) is 2. The van der Waals surface area contributed by atoms with Gasteiger partial charge in [-0.05, 0) is 36.8 Å². The average molecular weight is 383 g/mol. The van der Waals surface area contributed by atoms with Gasteiger partial charge >= 0.3 is 0 Å². The summed E-state index contributed by atoms with van der Waals surface area (Å²) in [5, 5.41) is 6.68. The van der Waals surface area contributed by atoms with Gasteiger partial charge in [-0.3, -0.25) is 14.8 Å². The number of carbonyl (C=O) groups is 1. The van der Waals surface area contributed by atoms with E-state index in [0.29, 0.717) is 28.6 Å². The first kappa shape index (κ1) is 18.7. The molecule has 1 aromatic carbocycles. The molecule has 3 rings (SSSR count). The number of rotatable bonds is 6. The maximum Gasteiger partial charge on any atom is 0.253 e. The molecule has 2 N–H and O–H groups in total. The molecule has 0 bridgehead atoms. The summed E-state index contributed by atoms with van der Waals surface area (Å²) < 4.78 is 5.37. The number of carbonyl (C=O) groups excluding carboxylic acids is 1. The molecule has 7 heteroatoms. The molecule has 0 radical (unpaired) electrons. The van der Waals surface area contributed by atoms with Crippen molar-refractivity contribution in [1.82, 2.24) is 15.3 Å². The molecule has 3 aromatic rings. The summed E-state index contributed by atoms with van der Waals surface area (Å²) in [6.07, 6.45) is 4.84. The van der Waals surface area contributed by atoms with Crippen LogP contribution in [0.15, 0.2) is 55.0 Å². The third-order valence-electron chi connectivity index (χ3n) is 3.92. The summed E-state index contributed by atoms with van der Waals surface area (Å²) in [4.78, 5) is 20.7. The Morgan fingerprint density at radius 2 is 2.07 bits per heavy atom. The van der Waals surface area contributed by atoms with Gasteiger partial charge in [-0.1, -0.05) is 17.7 Å². The van der Waals surface area contributed by atoms with Gasteiger partial charge in [0.15, 0.2) is 0 Å². The number of aromatic nitrogens is 2. The van der Waals surface area contributed by atoms with Crippen molar-refractivity contribution in [3.8, 4) is 5.75 Å². The SMILES string of the molecule is COc1cc(Cl)c(C)cc1Nc1cncc(C(=O)NCc2ccccn2)c1. The van der Waals surface area contributed by atoms with Crippen molar-refractivity contribution in [2.75, 3.05) is 12.4 Å². The molecule has 0 fully saturated rings. The van der Waals surface area contributed by atoms with E-state index in [2.05, 4.69) is 20.6 Å². The van der Waals surface area contributed by atoms with E-state index in [4.69, 9.17) is 16.3 Å². The predicted octanol–water partition coefficient (Wildman–Crippen LogP) is 4.12. The van der Waals surface area contributed by atoms with E-state index >= 15 is 0 Å². The number of amides is 1. The first-order chi connectivity index (χ1) is 13.1. The zero-order chi connectivity index (χ0) is 19.2. The number of methoxy groups -OCH3 is 1. The Bertz CT molecular complexity index is 948. The molecule has 0 unspecified atom stereocenters. The van der Waals surface area contributed by atoms with Gasteiger partial charge in [0.25, 0.3) is 5.91 Å². The third kappa shape index (κ3) is 4.74. The van der Waals surface area contributed by atoms with E-state index < -0.39 is 0 Å². The van der Waals surface area contributed by atoms with Crippen LogP contribution in [0.2, 0.25) is 5.02 Å². The number of halogens is 1. The molecule has 0 saturated carbocycles. The van der Waals surface area contributed by atoms with Crippen molar-refractivity contribution in [2.45, 2.75) is 13.5 Å². The van der Waals surface area contributed by atoms with Gasteiger partial charge in [0.1, 0.15) is 5.75 Å². The van der Waals surface area contributed by atoms with E-state index in [1.807, 2.05) is 31.2 Å². The molecule has 2 aromatic heterocycles. The van der Waals surface area contributed by atoms with Gasteiger partial charge in [-0.15, -0.1) is 0 Å². The molecular formula is C20H19ClN4O2. The molecule has 1 amide bonds. The molecule has 0 aliphatic rings. The maximum atomic E-state index is 12.4. The van der Waals surface area contributed by atoms with Crippen LogP contribution in [0.25, 0.3) is 0 Å². The van der Waals surface area contributed by atoms with Crippen LogP contribution in [0.5, 0.6) is 5.75 Å². The smallest absolute Gasteiger partial charge is 0.253 e. The number of nitrogens with zero attached hydrogens (tertiary/aromatic N) is 2. The van der Waals surface area contributed by atoms with Crippen molar-refractivity contribution < 1.29 is 9.53 Å². The Balaban J connectivity index is 1.74. The van der Waals surface area contributed by atoms with Crippen LogP contribution in [0.3, 0.4) is 0 Å². The maximum absolute atomic E-state index is 12.4. The second-order valence-electron chi connectivity index (χ2n) is 5.89. The van der Waals surface area contributed by atoms with Crippen LogP contribution < -0.4 is 15.4 Å². The van der Waals surface area contributed by atoms with Gasteiger partial charge in [-0.2, -0.15) is 0 Å². The highest BCUT2D eigenvalue weighted by molar-refractivity contribution is 6.31. The van der Waals surface area contributed by atoms with Gasteiger partial charge in [0, 0.05) is 23.5 Å². The lowest BCUT2D eigenvalue weighted by Crippen LogP contribution is -2.23. The van der Waals surface area contributed by atoms with Crippen molar-refractivity contribution in [3.05, 3.63) is 76.8 Å². The lowest BCUT2D eigenvalue weighted by molar-refractivity contribution is 0.0950. The Labute approximate surface area is 162 Å². The summed E-state index contributed by atoms with van der Waals surface area (Å²) in [6.45, 7) is 2.26. The Hall–Kier alpha value is -3.12. The lowest BCUT2D eigenvalue weighted by atomic mass is 10.2. The number of hydrogen-bond acceptors (Lipinski definition) is 5. The molecule has 138 valence electrons. The highest BCUT2D eigenvalue weighted by Gasteiger charge is 2.10. The molecule has 0 spiro atoms. The number of ether oxygens (including phenoxy) is 1. The summed E-state index contributed by atoms with van der Waals surface area (Å²) in [5.74, 6) is 0.381. The zero-order valence-electron chi connectivity index (χ0n) is 15.0. The van der Waals surface area contributed by atoms with E-state index in [1.54, 1.807) is 31.6 Å². The quantitative estimate of drug-likeness (QED) is 0.670. The zero-order valence-corrected chi connectivity index (χ0v) is 15.7. The standard InChI is InChI=1S/C20H19ClN4O2/c1-13-7-18(19(27-2)9-17(13)21)25-16-8-14(10-22-11-16)20(26)24-12-15-5-3-4-6-23-15/h3-11,25H,12H2,1-2H3,(H,24,26). The Morgan fingerprint density at radius 3 is 2.81 bits per heavy atom. The van der Waals surface area contributed by atoms with Crippen LogP contribution in [-0.4, -0.2) is 23.0 Å². The third-order valence-corrected chi connectivity index (χ3v) is 4.32. The highest BCUT2D eigenvalue weighted by atomic mass is 35.5. The Kier molecular flexibility index (Phi) is 5.88. The number of aryl methyl sites for hydroxylation is 1. The molecule has 6 nitrogen and oxygen atoms in total. The topological polar surface area (TPSA) is 76.1 Å². The van der Waals surface area contributed by atoms with Gasteiger partial charge in [0.05, 0.1) is 42.5 Å². The molecule has 0 saturated heterocycles. The van der Waals surface area contributed by atoms with Crippen molar-refractivity contribution in [2.24, 2.45) is 0 Å². The predicted molar refractivity (Wildman–Crippen MR) is 106 cm³/mol. The molecule has 0 aliphatic heterocycles. The molecule has 0 aliphatic carbocycles. The fourth-order valence-electron chi connectivity index (χ4n) is 2.49. The van der Waals surface area contributed by atoms with E-state index in [0.717, 1.165) is 16.9 Å². The fourth-order valence-corrected chi connectivity index (χ4v) is 2.65. The van der Waals surface area contributed by atoms with E-state index in [-0.39, 0.29) is 5.91 Å². The minimum atomic E-state index is -0.226. The first-order valence-electron chi connectivity index (χ1n) is 8.31. The van der Waals surface area contributed by atoms with Gasteiger partial charge in [0.2, 0.25) is 0 Å². The van der Waals surface area contributed by atoms with Crippen molar-refractivity contribution >= 4 is 28.9 Å². The summed E-state index contributed by atoms with van der Waals surface area (Å²) in [7, 11) is 1.58. The second kappa shape index (κ2) is 8.51. The Morgan fingerprint density at radius 1 is 1.22 bits per heavy atom. The van der Waals surface area contributed by atoms with Crippen LogP contribution in [0.4, 0.5) is 11.4 Å². The minimum Gasteiger partial charge on any atom is -0.495 e. The van der Waals surface area contributed by atoms with E-state index in [1.165, 1.54) is 6.20 Å². The highest BCUT2D eigenvalue weighted by Crippen LogP contribution is 2.33. The summed E-state index contributed by atoms with van der Waals surface area (Å²) >= 11 is 6.14. The number of pyridine rings is 2. The molecule has 0 atom stereocenters. The van der Waals surface area contributed by atoms with E-state index in [9.17, 15) is 4.79 Å². The molecular weight excluding hydrogens is 364 g/mol. The van der Waals surface area contributed by atoms with Gasteiger partial charge < -0.3 is 15.4 Å². The largest absolute Gasteiger partial charge is 0.495 e. The van der Waals surface area contributed by atoms with Crippen LogP contribution in [0.1, 0.15) is 21.6 Å². The fraction of sp³-hybridized carbons (Fsp3) is 0.150. The first-order valence-corrected chi connectivity index (χ1v) is 8.69. The normalized spacial score (nSPS) is 10.3. The monoisotopic (exact) mass is 382 g/mol. The number of anilines is 2. The van der Waals surface area contributed by atoms with Crippen molar-refractivity contribution in [3.63, 3.8) is 0 Å². The second-order valence-corrected chi connectivity index (χ2v) is 6.30. The summed E-state index contributed by atoms with van der Waals surface area (Å²) in [5.41, 5.74) is 3.56. The van der Waals surface area contributed by atoms with Gasteiger partial charge in [-0.25, -0.2) is 0 Å². The number of benzene rings is 1. The van der Waals surface area contributed by atoms with Crippen LogP contribution >= 0.6 is 11.6 Å². The van der Waals surface area contributed by atoms with Crippen molar-refractivity contribution in [1.29, 1.82) is 0 Å². The lowest BCUT2D eigenvalue weighted by Gasteiger charge is -2.13. The molecule has 27 heavy (non-hydrogen) atoms.